The highest BCUT2D eigenvalue weighted by Crippen LogP contribution is 2.30. The number of anilines is 1. The van der Waals surface area contributed by atoms with Gasteiger partial charge in [-0.15, -0.1) is 0 Å². The van der Waals surface area contributed by atoms with E-state index in [-0.39, 0.29) is 11.1 Å². The van der Waals surface area contributed by atoms with Crippen molar-refractivity contribution in [2.24, 2.45) is 0 Å². The summed E-state index contributed by atoms with van der Waals surface area (Å²) in [7, 11) is 0. The maximum absolute atomic E-state index is 3.66. The predicted octanol–water partition coefficient (Wildman–Crippen LogP) is 3.61. The topological polar surface area (TPSA) is 15.3 Å². The molecular formula is C17H28N2. The number of nitrogens with zero attached hydrogens (tertiary/aromatic N) is 1. The van der Waals surface area contributed by atoms with Gasteiger partial charge in [0, 0.05) is 23.3 Å². The maximum Gasteiger partial charge on any atom is 0.0371 e. The minimum absolute atomic E-state index is 0.164. The Labute approximate surface area is 118 Å². The van der Waals surface area contributed by atoms with Crippen molar-refractivity contribution in [2.75, 3.05) is 18.0 Å². The first-order valence-corrected chi connectivity index (χ1v) is 7.46. The first-order chi connectivity index (χ1) is 8.84. The predicted molar refractivity (Wildman–Crippen MR) is 83.9 cm³/mol. The van der Waals surface area contributed by atoms with Crippen LogP contribution < -0.4 is 10.2 Å². The van der Waals surface area contributed by atoms with Gasteiger partial charge >= 0.3 is 0 Å². The van der Waals surface area contributed by atoms with Crippen LogP contribution in [0.25, 0.3) is 0 Å². The summed E-state index contributed by atoms with van der Waals surface area (Å²) >= 11 is 0. The second kappa shape index (κ2) is 5.16. The molecule has 0 saturated carbocycles. The lowest BCUT2D eigenvalue weighted by Gasteiger charge is -2.41. The zero-order chi connectivity index (χ0) is 14.1. The molecule has 19 heavy (non-hydrogen) atoms. The molecule has 1 aliphatic heterocycles. The zero-order valence-corrected chi connectivity index (χ0v) is 13.1. The van der Waals surface area contributed by atoms with Gasteiger partial charge in [-0.1, -0.05) is 19.1 Å². The fraction of sp³-hybridized carbons (Fsp3) is 0.647. The van der Waals surface area contributed by atoms with Gasteiger partial charge in [-0.05, 0) is 64.8 Å². The van der Waals surface area contributed by atoms with Crippen LogP contribution in [0.4, 0.5) is 5.69 Å². The number of aryl methyl sites for hydroxylation is 1. The second-order valence-corrected chi connectivity index (χ2v) is 6.98. The molecule has 1 fully saturated rings. The lowest BCUT2D eigenvalue weighted by Crippen LogP contribution is -2.51. The third-order valence-electron chi connectivity index (χ3n) is 4.28. The number of hydrogen-bond donors (Lipinski definition) is 1. The van der Waals surface area contributed by atoms with E-state index >= 15 is 0 Å². The van der Waals surface area contributed by atoms with E-state index in [1.807, 2.05) is 0 Å². The van der Waals surface area contributed by atoms with E-state index in [2.05, 4.69) is 69.1 Å². The van der Waals surface area contributed by atoms with E-state index in [4.69, 9.17) is 0 Å². The van der Waals surface area contributed by atoms with E-state index in [0.29, 0.717) is 0 Å². The van der Waals surface area contributed by atoms with E-state index in [1.54, 1.807) is 0 Å². The van der Waals surface area contributed by atoms with Crippen molar-refractivity contribution in [2.45, 2.75) is 58.5 Å². The van der Waals surface area contributed by atoms with Gasteiger partial charge < -0.3 is 10.2 Å². The molecule has 2 heteroatoms. The molecular weight excluding hydrogens is 232 g/mol. The van der Waals surface area contributed by atoms with Crippen LogP contribution in [0.5, 0.6) is 0 Å². The van der Waals surface area contributed by atoms with Crippen molar-refractivity contribution in [1.29, 1.82) is 0 Å². The van der Waals surface area contributed by atoms with Gasteiger partial charge in [0.2, 0.25) is 0 Å². The van der Waals surface area contributed by atoms with E-state index in [9.17, 15) is 0 Å². The molecule has 0 aromatic heterocycles. The maximum atomic E-state index is 3.66. The molecule has 0 spiro atoms. The summed E-state index contributed by atoms with van der Waals surface area (Å²) in [5, 5.41) is 3.66. The number of hydrogen-bond acceptors (Lipinski definition) is 2. The van der Waals surface area contributed by atoms with Gasteiger partial charge in [0.25, 0.3) is 0 Å². The van der Waals surface area contributed by atoms with Crippen LogP contribution in [0.15, 0.2) is 24.3 Å². The minimum atomic E-state index is 0.164. The Morgan fingerprint density at radius 2 is 1.74 bits per heavy atom. The Balaban J connectivity index is 2.31. The Kier molecular flexibility index (Phi) is 3.91. The van der Waals surface area contributed by atoms with Crippen LogP contribution in [0.1, 0.15) is 46.6 Å². The minimum Gasteiger partial charge on any atom is -0.365 e. The van der Waals surface area contributed by atoms with Gasteiger partial charge in [-0.25, -0.2) is 0 Å². The molecule has 1 heterocycles. The molecule has 0 unspecified atom stereocenters. The van der Waals surface area contributed by atoms with E-state index in [1.165, 1.54) is 17.7 Å². The van der Waals surface area contributed by atoms with E-state index in [0.717, 1.165) is 19.5 Å². The highest BCUT2D eigenvalue weighted by molar-refractivity contribution is 5.50. The molecule has 1 aromatic rings. The smallest absolute Gasteiger partial charge is 0.0371 e. The summed E-state index contributed by atoms with van der Waals surface area (Å²) in [6.07, 6.45) is 2.28. The third kappa shape index (κ3) is 3.30. The van der Waals surface area contributed by atoms with Gasteiger partial charge in [0.05, 0.1) is 0 Å². The Morgan fingerprint density at radius 3 is 2.32 bits per heavy atom. The van der Waals surface area contributed by atoms with Gasteiger partial charge in [-0.3, -0.25) is 0 Å². The normalized spacial score (nSPS) is 22.1. The molecule has 0 bridgehead atoms. The van der Waals surface area contributed by atoms with Crippen LogP contribution in [-0.4, -0.2) is 24.2 Å². The van der Waals surface area contributed by atoms with Crippen molar-refractivity contribution < 1.29 is 0 Å². The first kappa shape index (κ1) is 14.4. The molecule has 1 saturated heterocycles. The summed E-state index contributed by atoms with van der Waals surface area (Å²) in [4.78, 5) is 2.56. The molecule has 0 aliphatic carbocycles. The summed E-state index contributed by atoms with van der Waals surface area (Å²) in [5.41, 5.74) is 3.12. The fourth-order valence-corrected chi connectivity index (χ4v) is 2.86. The van der Waals surface area contributed by atoms with Crippen molar-refractivity contribution >= 4 is 5.69 Å². The summed E-state index contributed by atoms with van der Waals surface area (Å²) < 4.78 is 0. The number of rotatable bonds is 2. The van der Waals surface area contributed by atoms with Crippen LogP contribution in [-0.2, 0) is 6.42 Å². The number of benzene rings is 1. The highest BCUT2D eigenvalue weighted by Gasteiger charge is 2.34. The summed E-state index contributed by atoms with van der Waals surface area (Å²) in [6, 6.07) is 9.08. The Bertz CT molecular complexity index is 417. The Morgan fingerprint density at radius 1 is 1.11 bits per heavy atom. The van der Waals surface area contributed by atoms with E-state index < -0.39 is 0 Å². The average molecular weight is 260 g/mol. The lowest BCUT2D eigenvalue weighted by molar-refractivity contribution is 0.409. The summed E-state index contributed by atoms with van der Waals surface area (Å²) in [5.74, 6) is 0. The summed E-state index contributed by atoms with van der Waals surface area (Å²) in [6.45, 7) is 13.6. The SMILES string of the molecule is CCc1ccc(N2CC(C)(C)NCCC2(C)C)cc1. The molecule has 106 valence electrons. The lowest BCUT2D eigenvalue weighted by atomic mass is 9.96. The standard InChI is InChI=1S/C17H28N2/c1-6-14-7-9-15(10-8-14)19-13-16(2,3)18-12-11-17(19,4)5/h7-10,18H,6,11-13H2,1-5H3. The Hall–Kier alpha value is -1.02. The molecule has 0 radical (unpaired) electrons. The van der Waals surface area contributed by atoms with Crippen molar-refractivity contribution in [3.63, 3.8) is 0 Å². The number of nitrogens with one attached hydrogen (secondary N) is 1. The van der Waals surface area contributed by atoms with Crippen LogP contribution in [0.2, 0.25) is 0 Å². The van der Waals surface area contributed by atoms with Gasteiger partial charge in [-0.2, -0.15) is 0 Å². The molecule has 1 aliphatic rings. The van der Waals surface area contributed by atoms with Gasteiger partial charge in [0.15, 0.2) is 0 Å². The van der Waals surface area contributed by atoms with Crippen LogP contribution in [0, 0.1) is 0 Å². The van der Waals surface area contributed by atoms with Crippen molar-refractivity contribution in [1.82, 2.24) is 5.32 Å². The molecule has 0 amide bonds. The third-order valence-corrected chi connectivity index (χ3v) is 4.28. The molecule has 2 nitrogen and oxygen atoms in total. The molecule has 2 rings (SSSR count). The second-order valence-electron chi connectivity index (χ2n) is 6.98. The largest absolute Gasteiger partial charge is 0.365 e. The van der Waals surface area contributed by atoms with Crippen LogP contribution in [0.3, 0.4) is 0 Å². The van der Waals surface area contributed by atoms with Crippen LogP contribution >= 0.6 is 0 Å². The fourth-order valence-electron chi connectivity index (χ4n) is 2.86. The monoisotopic (exact) mass is 260 g/mol. The molecule has 1 aromatic carbocycles. The average Bonchev–Trinajstić information content (AvgIpc) is 2.45. The first-order valence-electron chi connectivity index (χ1n) is 7.46. The molecule has 0 atom stereocenters. The quantitative estimate of drug-likeness (QED) is 0.874. The molecule has 1 N–H and O–H groups in total. The van der Waals surface area contributed by atoms with Gasteiger partial charge in [0.1, 0.15) is 0 Å². The van der Waals surface area contributed by atoms with Crippen molar-refractivity contribution in [3.05, 3.63) is 29.8 Å². The highest BCUT2D eigenvalue weighted by atomic mass is 15.2. The zero-order valence-electron chi connectivity index (χ0n) is 13.1. The van der Waals surface area contributed by atoms with Crippen molar-refractivity contribution in [3.8, 4) is 0 Å².